The molecule has 0 atom stereocenters. The number of primary amides is 1. The highest BCUT2D eigenvalue weighted by molar-refractivity contribution is 6.30. The van der Waals surface area contributed by atoms with Gasteiger partial charge in [0.15, 0.2) is 0 Å². The number of hydrogen-bond donors (Lipinski definition) is 1. The van der Waals surface area contributed by atoms with Crippen molar-refractivity contribution in [3.63, 3.8) is 0 Å². The van der Waals surface area contributed by atoms with Crippen LogP contribution in [0, 0.1) is 0 Å². The molecule has 119 valence electrons. The van der Waals surface area contributed by atoms with E-state index < -0.39 is 5.91 Å². The van der Waals surface area contributed by atoms with Gasteiger partial charge in [-0.25, -0.2) is 4.68 Å². The number of rotatable bonds is 5. The number of aromatic nitrogens is 2. The number of amides is 1. The first-order valence-electron chi connectivity index (χ1n) is 7.20. The average molecular weight is 339 g/mol. The molecule has 0 saturated carbocycles. The molecule has 2 aromatic carbocycles. The summed E-state index contributed by atoms with van der Waals surface area (Å²) in [5.74, 6) is -0.656. The molecule has 1 radical (unpaired) electrons. The van der Waals surface area contributed by atoms with Crippen LogP contribution < -0.4 is 5.73 Å². The summed E-state index contributed by atoms with van der Waals surface area (Å²) < 4.78 is 1.46. The summed E-state index contributed by atoms with van der Waals surface area (Å²) in [5, 5.41) is 5.10. The van der Waals surface area contributed by atoms with Crippen LogP contribution in [0.15, 0.2) is 54.6 Å². The van der Waals surface area contributed by atoms with Crippen molar-refractivity contribution in [2.75, 3.05) is 0 Å². The largest absolute Gasteiger partial charge is 0.364 e. The zero-order valence-corrected chi connectivity index (χ0v) is 13.3. The second-order valence-corrected chi connectivity index (χ2v) is 5.55. The maximum absolute atomic E-state index is 12.0. The number of para-hydroxylation sites is 1. The molecule has 0 fully saturated rings. The molecule has 1 aromatic heterocycles. The molecule has 1 heterocycles. The molecule has 0 aliphatic rings. The molecule has 0 saturated heterocycles. The van der Waals surface area contributed by atoms with Crippen molar-refractivity contribution in [2.45, 2.75) is 6.42 Å². The third kappa shape index (κ3) is 2.94. The number of benzene rings is 2. The quantitative estimate of drug-likeness (QED) is 0.776. The first-order valence-corrected chi connectivity index (χ1v) is 7.57. The van der Waals surface area contributed by atoms with E-state index >= 15 is 0 Å². The first-order chi connectivity index (χ1) is 11.6. The van der Waals surface area contributed by atoms with Crippen LogP contribution in [0.5, 0.6) is 0 Å². The van der Waals surface area contributed by atoms with Crippen LogP contribution in [0.4, 0.5) is 0 Å². The Morgan fingerprint density at radius 3 is 2.38 bits per heavy atom. The van der Waals surface area contributed by atoms with E-state index in [1.165, 1.54) is 4.68 Å². The Hall–Kier alpha value is -2.92. The standard InChI is InChI=1S/C18H13ClN3O2/c19-13-8-6-12(7-9-13)16-15(10-11-23)17(18(20)24)22(21-16)14-4-2-1-3-5-14/h1-9H,10H2,(H2,20,24). The Morgan fingerprint density at radius 1 is 1.12 bits per heavy atom. The Morgan fingerprint density at radius 2 is 1.79 bits per heavy atom. The molecular weight excluding hydrogens is 326 g/mol. The van der Waals surface area contributed by atoms with Crippen molar-refractivity contribution in [1.29, 1.82) is 0 Å². The van der Waals surface area contributed by atoms with Gasteiger partial charge in [-0.2, -0.15) is 5.10 Å². The third-order valence-corrected chi connectivity index (χ3v) is 3.84. The van der Waals surface area contributed by atoms with E-state index in [-0.39, 0.29) is 12.1 Å². The highest BCUT2D eigenvalue weighted by atomic mass is 35.5. The number of hydrogen-bond acceptors (Lipinski definition) is 3. The van der Waals surface area contributed by atoms with E-state index in [2.05, 4.69) is 5.10 Å². The van der Waals surface area contributed by atoms with Crippen LogP contribution in [0.2, 0.25) is 5.02 Å². The SMILES string of the molecule is NC(=O)c1c(C[C]=O)c(-c2ccc(Cl)cc2)nn1-c1ccccc1. The number of nitrogens with zero attached hydrogens (tertiary/aromatic N) is 2. The van der Waals surface area contributed by atoms with Crippen molar-refractivity contribution in [2.24, 2.45) is 5.73 Å². The molecule has 0 aliphatic heterocycles. The van der Waals surface area contributed by atoms with E-state index in [0.29, 0.717) is 22.0 Å². The van der Waals surface area contributed by atoms with Crippen molar-refractivity contribution in [3.05, 3.63) is 70.9 Å². The van der Waals surface area contributed by atoms with Crippen LogP contribution in [-0.2, 0) is 11.2 Å². The van der Waals surface area contributed by atoms with Gasteiger partial charge in [0, 0.05) is 22.6 Å². The second-order valence-electron chi connectivity index (χ2n) is 5.12. The molecule has 5 nitrogen and oxygen atoms in total. The Labute approximate surface area is 143 Å². The average Bonchev–Trinajstić information content (AvgIpc) is 2.96. The van der Waals surface area contributed by atoms with E-state index in [1.54, 1.807) is 36.4 Å². The third-order valence-electron chi connectivity index (χ3n) is 3.58. The molecule has 24 heavy (non-hydrogen) atoms. The normalized spacial score (nSPS) is 10.5. The van der Waals surface area contributed by atoms with Gasteiger partial charge < -0.3 is 5.73 Å². The Balaban J connectivity index is 2.27. The van der Waals surface area contributed by atoms with E-state index in [4.69, 9.17) is 17.3 Å². The minimum Gasteiger partial charge on any atom is -0.364 e. The first kappa shape index (κ1) is 16.0. The van der Waals surface area contributed by atoms with Gasteiger partial charge in [-0.15, -0.1) is 0 Å². The van der Waals surface area contributed by atoms with E-state index in [9.17, 15) is 9.59 Å². The van der Waals surface area contributed by atoms with Gasteiger partial charge >= 0.3 is 0 Å². The zero-order valence-electron chi connectivity index (χ0n) is 12.6. The Bertz CT molecular complexity index is 887. The molecule has 1 amide bonds. The molecule has 6 heteroatoms. The van der Waals surface area contributed by atoms with Gasteiger partial charge in [0.2, 0.25) is 6.29 Å². The minimum atomic E-state index is -0.656. The second kappa shape index (κ2) is 6.68. The number of carbonyl (C=O) groups is 1. The molecular formula is C18H13ClN3O2. The maximum Gasteiger partial charge on any atom is 0.267 e. The fourth-order valence-electron chi connectivity index (χ4n) is 2.54. The number of carbonyl (C=O) groups excluding carboxylic acids is 2. The van der Waals surface area contributed by atoms with E-state index in [1.807, 2.05) is 24.5 Å². The predicted octanol–water partition coefficient (Wildman–Crippen LogP) is 2.94. The smallest absolute Gasteiger partial charge is 0.267 e. The van der Waals surface area contributed by atoms with Crippen LogP contribution in [-0.4, -0.2) is 22.0 Å². The zero-order chi connectivity index (χ0) is 17.1. The fraction of sp³-hybridized carbons (Fsp3) is 0.0556. The van der Waals surface area contributed by atoms with Crippen molar-refractivity contribution in [3.8, 4) is 16.9 Å². The van der Waals surface area contributed by atoms with Crippen LogP contribution in [0.1, 0.15) is 16.1 Å². The lowest BCUT2D eigenvalue weighted by Crippen LogP contribution is -2.18. The Kier molecular flexibility index (Phi) is 4.44. The van der Waals surface area contributed by atoms with Gasteiger partial charge in [0.1, 0.15) is 5.69 Å². The van der Waals surface area contributed by atoms with Crippen LogP contribution >= 0.6 is 11.6 Å². The van der Waals surface area contributed by atoms with Gasteiger partial charge in [-0.1, -0.05) is 41.9 Å². The lowest BCUT2D eigenvalue weighted by molar-refractivity contribution is 0.0992. The number of nitrogens with two attached hydrogens (primary N) is 1. The summed E-state index contributed by atoms with van der Waals surface area (Å²) in [4.78, 5) is 23.0. The van der Waals surface area contributed by atoms with Crippen molar-refractivity contribution in [1.82, 2.24) is 9.78 Å². The van der Waals surface area contributed by atoms with Gasteiger partial charge in [0.25, 0.3) is 5.91 Å². The minimum absolute atomic E-state index is 0.0803. The molecule has 0 aliphatic carbocycles. The summed E-state index contributed by atoms with van der Waals surface area (Å²) in [6.45, 7) is 0. The summed E-state index contributed by atoms with van der Waals surface area (Å²) in [6.07, 6.45) is 1.75. The highest BCUT2D eigenvalue weighted by Crippen LogP contribution is 2.28. The van der Waals surface area contributed by atoms with Crippen molar-refractivity contribution < 1.29 is 9.59 Å². The van der Waals surface area contributed by atoms with Crippen molar-refractivity contribution >= 4 is 23.8 Å². The van der Waals surface area contributed by atoms with E-state index in [0.717, 1.165) is 5.56 Å². The lowest BCUT2D eigenvalue weighted by atomic mass is 10.0. The molecule has 0 unspecified atom stereocenters. The van der Waals surface area contributed by atoms with Crippen LogP contribution in [0.3, 0.4) is 0 Å². The molecule has 0 spiro atoms. The number of halogens is 1. The molecule has 3 aromatic rings. The predicted molar refractivity (Wildman–Crippen MR) is 91.9 cm³/mol. The maximum atomic E-state index is 12.0. The van der Waals surface area contributed by atoms with Gasteiger partial charge in [-0.05, 0) is 24.3 Å². The molecule has 3 rings (SSSR count). The molecule has 2 N–H and O–H groups in total. The summed E-state index contributed by atoms with van der Waals surface area (Å²) in [5.41, 5.74) is 8.10. The van der Waals surface area contributed by atoms with Crippen LogP contribution in [0.25, 0.3) is 16.9 Å². The summed E-state index contributed by atoms with van der Waals surface area (Å²) in [6, 6.07) is 16.1. The monoisotopic (exact) mass is 338 g/mol. The fourth-order valence-corrected chi connectivity index (χ4v) is 2.66. The summed E-state index contributed by atoms with van der Waals surface area (Å²) in [7, 11) is 0. The summed E-state index contributed by atoms with van der Waals surface area (Å²) >= 11 is 5.92. The van der Waals surface area contributed by atoms with Gasteiger partial charge in [0.05, 0.1) is 11.4 Å². The highest BCUT2D eigenvalue weighted by Gasteiger charge is 2.23. The topological polar surface area (TPSA) is 78.0 Å². The van der Waals surface area contributed by atoms with Gasteiger partial charge in [-0.3, -0.25) is 9.59 Å². The lowest BCUT2D eigenvalue weighted by Gasteiger charge is -2.05. The molecule has 0 bridgehead atoms.